The molecule has 3 nitrogen and oxygen atoms in total. The van der Waals surface area contributed by atoms with Crippen molar-refractivity contribution < 1.29 is 18.7 Å². The van der Waals surface area contributed by atoms with Gasteiger partial charge in [-0.1, -0.05) is 35.9 Å². The third-order valence-corrected chi connectivity index (χ3v) is 3.93. The fourth-order valence-electron chi connectivity index (χ4n) is 2.38. The normalized spacial score (nSPS) is 10.7. The zero-order chi connectivity index (χ0) is 19.2. The van der Waals surface area contributed by atoms with Crippen LogP contribution in [-0.4, -0.2) is 11.8 Å². The molecule has 0 aromatic heterocycles. The monoisotopic (exact) mass is 360 g/mol. The van der Waals surface area contributed by atoms with Crippen molar-refractivity contribution in [3.63, 3.8) is 0 Å². The maximum atomic E-state index is 12.9. The van der Waals surface area contributed by atoms with Crippen molar-refractivity contribution in [3.05, 3.63) is 107 Å². The maximum Gasteiger partial charge on any atom is 0.343 e. The molecule has 3 aromatic rings. The van der Waals surface area contributed by atoms with Crippen molar-refractivity contribution in [1.82, 2.24) is 0 Å². The van der Waals surface area contributed by atoms with Crippen molar-refractivity contribution in [2.24, 2.45) is 0 Å². The summed E-state index contributed by atoms with van der Waals surface area (Å²) in [6.45, 7) is 1.94. The van der Waals surface area contributed by atoms with Crippen molar-refractivity contribution >= 4 is 17.8 Å². The molecule has 0 unspecified atom stereocenters. The van der Waals surface area contributed by atoms with Gasteiger partial charge in [-0.25, -0.2) is 9.18 Å². The van der Waals surface area contributed by atoms with Crippen LogP contribution in [0.4, 0.5) is 4.39 Å². The van der Waals surface area contributed by atoms with Crippen LogP contribution in [0.15, 0.2) is 78.9 Å². The van der Waals surface area contributed by atoms with Crippen molar-refractivity contribution in [1.29, 1.82) is 0 Å². The Bertz CT molecular complexity index is 970. The number of ether oxygens (including phenoxy) is 1. The second kappa shape index (κ2) is 8.23. The minimum atomic E-state index is -0.453. The lowest BCUT2D eigenvalue weighted by atomic mass is 10.1. The number of carbonyl (C=O) groups excluding carboxylic acids is 2. The van der Waals surface area contributed by atoms with Crippen LogP contribution in [0.25, 0.3) is 6.08 Å². The largest absolute Gasteiger partial charge is 0.423 e. The van der Waals surface area contributed by atoms with Gasteiger partial charge in [0.05, 0.1) is 5.56 Å². The van der Waals surface area contributed by atoms with Gasteiger partial charge in [0.1, 0.15) is 11.6 Å². The first-order valence-corrected chi connectivity index (χ1v) is 8.38. The Morgan fingerprint density at radius 3 is 2.04 bits per heavy atom. The van der Waals surface area contributed by atoms with Gasteiger partial charge in [-0.05, 0) is 67.1 Å². The summed E-state index contributed by atoms with van der Waals surface area (Å²) in [5, 5.41) is 0. The van der Waals surface area contributed by atoms with Crippen molar-refractivity contribution in [3.8, 4) is 5.75 Å². The molecule has 3 aromatic carbocycles. The van der Waals surface area contributed by atoms with Crippen molar-refractivity contribution in [2.75, 3.05) is 0 Å². The lowest BCUT2D eigenvalue weighted by Gasteiger charge is -2.05. The zero-order valence-electron chi connectivity index (χ0n) is 14.7. The van der Waals surface area contributed by atoms with Crippen LogP contribution in [0.1, 0.15) is 31.8 Å². The summed E-state index contributed by atoms with van der Waals surface area (Å²) in [5.41, 5.74) is 2.71. The summed E-state index contributed by atoms with van der Waals surface area (Å²) in [5.74, 6) is -0.616. The quantitative estimate of drug-likeness (QED) is 0.270. The van der Waals surface area contributed by atoms with E-state index >= 15 is 0 Å². The number of allylic oxidation sites excluding steroid dienone is 1. The third-order valence-electron chi connectivity index (χ3n) is 3.93. The van der Waals surface area contributed by atoms with Gasteiger partial charge in [-0.15, -0.1) is 0 Å². The van der Waals surface area contributed by atoms with Crippen LogP contribution >= 0.6 is 0 Å². The summed E-state index contributed by atoms with van der Waals surface area (Å²) in [6.07, 6.45) is 3.04. The Hall–Kier alpha value is -3.53. The number of hydrogen-bond donors (Lipinski definition) is 0. The highest BCUT2D eigenvalue weighted by Crippen LogP contribution is 2.16. The van der Waals surface area contributed by atoms with Gasteiger partial charge in [0.15, 0.2) is 5.78 Å². The fourth-order valence-corrected chi connectivity index (χ4v) is 2.38. The number of ketones is 1. The van der Waals surface area contributed by atoms with Gasteiger partial charge in [0.25, 0.3) is 0 Å². The Kier molecular flexibility index (Phi) is 5.57. The minimum Gasteiger partial charge on any atom is -0.423 e. The van der Waals surface area contributed by atoms with E-state index in [0.29, 0.717) is 16.9 Å². The Morgan fingerprint density at radius 2 is 1.41 bits per heavy atom. The molecule has 3 rings (SSSR count). The summed E-state index contributed by atoms with van der Waals surface area (Å²) in [4.78, 5) is 24.3. The minimum absolute atomic E-state index is 0.198. The Labute approximate surface area is 156 Å². The highest BCUT2D eigenvalue weighted by atomic mass is 19.1. The van der Waals surface area contributed by atoms with E-state index in [2.05, 4.69) is 0 Å². The third kappa shape index (κ3) is 4.98. The Morgan fingerprint density at radius 1 is 0.815 bits per heavy atom. The van der Waals surface area contributed by atoms with E-state index in [4.69, 9.17) is 4.74 Å². The molecule has 4 heteroatoms. The topological polar surface area (TPSA) is 43.4 Å². The first-order valence-electron chi connectivity index (χ1n) is 8.38. The molecule has 0 aliphatic carbocycles. The molecule has 0 aliphatic heterocycles. The first kappa shape index (κ1) is 18.3. The standard InChI is InChI=1S/C23H17FO3/c1-16-2-7-19(8-3-16)23(26)27-21-13-9-18(10-14-21)22(25)15-6-17-4-11-20(24)12-5-17/h2-15H,1H3. The molecule has 0 bridgehead atoms. The zero-order valence-corrected chi connectivity index (χ0v) is 14.7. The summed E-state index contributed by atoms with van der Waals surface area (Å²) >= 11 is 0. The molecule has 0 saturated carbocycles. The Balaban J connectivity index is 1.64. The fraction of sp³-hybridized carbons (Fsp3) is 0.0435. The van der Waals surface area contributed by atoms with Crippen LogP contribution in [0.5, 0.6) is 5.75 Å². The highest BCUT2D eigenvalue weighted by molar-refractivity contribution is 6.06. The van der Waals surface area contributed by atoms with E-state index in [1.807, 2.05) is 19.1 Å². The number of hydrogen-bond acceptors (Lipinski definition) is 3. The van der Waals surface area contributed by atoms with Gasteiger partial charge in [-0.3, -0.25) is 4.79 Å². The summed E-state index contributed by atoms with van der Waals surface area (Å²) < 4.78 is 18.2. The lowest BCUT2D eigenvalue weighted by Crippen LogP contribution is -2.08. The molecule has 27 heavy (non-hydrogen) atoms. The molecule has 0 aliphatic rings. The highest BCUT2D eigenvalue weighted by Gasteiger charge is 2.09. The molecule has 0 N–H and O–H groups in total. The molecule has 0 saturated heterocycles. The van der Waals surface area contributed by atoms with E-state index in [1.165, 1.54) is 18.2 Å². The van der Waals surface area contributed by atoms with Crippen LogP contribution < -0.4 is 4.74 Å². The van der Waals surface area contributed by atoms with E-state index in [9.17, 15) is 14.0 Å². The molecular formula is C23H17FO3. The van der Waals surface area contributed by atoms with E-state index in [0.717, 1.165) is 11.1 Å². The van der Waals surface area contributed by atoms with Crippen molar-refractivity contribution in [2.45, 2.75) is 6.92 Å². The number of rotatable bonds is 5. The first-order chi connectivity index (χ1) is 13.0. The van der Waals surface area contributed by atoms with Crippen LogP contribution in [0.2, 0.25) is 0 Å². The van der Waals surface area contributed by atoms with E-state index < -0.39 is 5.97 Å². The average Bonchev–Trinajstić information content (AvgIpc) is 2.68. The second-order valence-corrected chi connectivity index (χ2v) is 6.03. The van der Waals surface area contributed by atoms with Gasteiger partial charge < -0.3 is 4.74 Å². The molecule has 134 valence electrons. The van der Waals surface area contributed by atoms with E-state index in [-0.39, 0.29) is 11.6 Å². The molecule has 0 radical (unpaired) electrons. The van der Waals surface area contributed by atoms with Crippen LogP contribution in [-0.2, 0) is 0 Å². The molecule has 0 amide bonds. The number of carbonyl (C=O) groups is 2. The maximum absolute atomic E-state index is 12.9. The number of aryl methyl sites for hydroxylation is 1. The second-order valence-electron chi connectivity index (χ2n) is 6.03. The lowest BCUT2D eigenvalue weighted by molar-refractivity contribution is 0.0734. The number of benzene rings is 3. The van der Waals surface area contributed by atoms with Crippen LogP contribution in [0, 0.1) is 12.7 Å². The average molecular weight is 360 g/mol. The van der Waals surface area contributed by atoms with Crippen LogP contribution in [0.3, 0.4) is 0 Å². The van der Waals surface area contributed by atoms with Gasteiger partial charge in [0.2, 0.25) is 0 Å². The summed E-state index contributed by atoms with van der Waals surface area (Å²) in [6, 6.07) is 19.3. The van der Waals surface area contributed by atoms with E-state index in [1.54, 1.807) is 54.6 Å². The number of halogens is 1. The molecule has 0 heterocycles. The predicted molar refractivity (Wildman–Crippen MR) is 102 cm³/mol. The molecule has 0 spiro atoms. The van der Waals surface area contributed by atoms with Gasteiger partial charge >= 0.3 is 5.97 Å². The molecule has 0 atom stereocenters. The SMILES string of the molecule is Cc1ccc(C(=O)Oc2ccc(C(=O)C=Cc3ccc(F)cc3)cc2)cc1. The summed E-state index contributed by atoms with van der Waals surface area (Å²) in [7, 11) is 0. The molecular weight excluding hydrogens is 343 g/mol. The smallest absolute Gasteiger partial charge is 0.343 e. The predicted octanol–water partition coefficient (Wildman–Crippen LogP) is 5.25. The van der Waals surface area contributed by atoms with Gasteiger partial charge in [0, 0.05) is 5.56 Å². The molecule has 0 fully saturated rings. The van der Waals surface area contributed by atoms with Gasteiger partial charge in [-0.2, -0.15) is 0 Å². The number of esters is 1.